The third-order valence-electron chi connectivity index (χ3n) is 1.02. The van der Waals surface area contributed by atoms with Gasteiger partial charge in [0.05, 0.1) is 5.56 Å². The molecule has 1 N–H and O–H groups in total. The van der Waals surface area contributed by atoms with E-state index in [1.54, 1.807) is 30.3 Å². The summed E-state index contributed by atoms with van der Waals surface area (Å²) >= 11 is 0. The fourth-order valence-corrected chi connectivity index (χ4v) is 0.581. The minimum Gasteiger partial charge on any atom is -0.478 e. The molecule has 0 amide bonds. The Kier molecular flexibility index (Phi) is 12.0. The number of hydrogen-bond donors (Lipinski definition) is 1. The van der Waals surface area contributed by atoms with Crippen LogP contribution in [0.2, 0.25) is 0 Å². The van der Waals surface area contributed by atoms with E-state index in [1.807, 2.05) is 0 Å². The second kappa shape index (κ2) is 8.56. The van der Waals surface area contributed by atoms with Crippen LogP contribution in [0.3, 0.4) is 0 Å². The first-order chi connectivity index (χ1) is 4.30. The van der Waals surface area contributed by atoms with Crippen LogP contribution in [0, 0.1) is 0 Å². The molecule has 0 fully saturated rings. The summed E-state index contributed by atoms with van der Waals surface area (Å²) in [6.07, 6.45) is 0. The number of benzene rings is 1. The maximum Gasteiger partial charge on any atom is 0.335 e. The maximum atomic E-state index is 10.2. The van der Waals surface area contributed by atoms with Crippen molar-refractivity contribution in [1.82, 2.24) is 0 Å². The topological polar surface area (TPSA) is 37.3 Å². The Morgan fingerprint density at radius 3 is 1.82 bits per heavy atom. The Morgan fingerprint density at radius 2 is 1.55 bits per heavy atom. The van der Waals surface area contributed by atoms with Crippen molar-refractivity contribution in [2.75, 3.05) is 0 Å². The molecule has 0 aromatic heterocycles. The standard InChI is InChI=1S/C7H6O2.2K/c8-7(9)6-4-2-1-3-5-6;;/h1-5H,(H,8,9);;. The number of carboxylic acids is 1. The minimum atomic E-state index is -0.879. The van der Waals surface area contributed by atoms with Gasteiger partial charge in [-0.3, -0.25) is 0 Å². The van der Waals surface area contributed by atoms with Crippen molar-refractivity contribution in [3.05, 3.63) is 35.9 Å². The van der Waals surface area contributed by atoms with Crippen LogP contribution >= 0.6 is 0 Å². The molecule has 0 aliphatic carbocycles. The van der Waals surface area contributed by atoms with Crippen LogP contribution < -0.4 is 0 Å². The number of aromatic carboxylic acids is 1. The summed E-state index contributed by atoms with van der Waals surface area (Å²) in [5.41, 5.74) is 0.331. The van der Waals surface area contributed by atoms with Crippen molar-refractivity contribution in [2.45, 2.75) is 0 Å². The molecule has 1 rings (SSSR count). The van der Waals surface area contributed by atoms with Crippen molar-refractivity contribution in [3.8, 4) is 0 Å². The van der Waals surface area contributed by atoms with E-state index in [1.165, 1.54) is 0 Å². The molecular formula is C7H6K2O2. The Balaban J connectivity index is 0. The molecule has 0 saturated carbocycles. The summed E-state index contributed by atoms with van der Waals surface area (Å²) < 4.78 is 0. The molecule has 2 radical (unpaired) electrons. The molecule has 0 aliphatic rings. The average molecular weight is 200 g/mol. The first kappa shape index (κ1) is 15.4. The van der Waals surface area contributed by atoms with E-state index < -0.39 is 5.97 Å². The predicted molar refractivity (Wildman–Crippen MR) is 44.9 cm³/mol. The normalized spacial score (nSPS) is 7.27. The predicted octanol–water partition coefficient (Wildman–Crippen LogP) is 0.623. The molecule has 0 atom stereocenters. The summed E-state index contributed by atoms with van der Waals surface area (Å²) in [6, 6.07) is 8.30. The number of hydrogen-bond acceptors (Lipinski definition) is 1. The van der Waals surface area contributed by atoms with Gasteiger partial charge in [-0.15, -0.1) is 0 Å². The van der Waals surface area contributed by atoms with E-state index in [0.717, 1.165) is 0 Å². The van der Waals surface area contributed by atoms with Gasteiger partial charge in [0.15, 0.2) is 0 Å². The third-order valence-corrected chi connectivity index (χ3v) is 1.02. The molecule has 48 valence electrons. The molecule has 0 saturated heterocycles. The van der Waals surface area contributed by atoms with Crippen molar-refractivity contribution < 1.29 is 9.90 Å². The quantitative estimate of drug-likeness (QED) is 0.675. The van der Waals surface area contributed by atoms with Gasteiger partial charge >= 0.3 is 5.97 Å². The van der Waals surface area contributed by atoms with Gasteiger partial charge in [0, 0.05) is 103 Å². The number of carbonyl (C=O) groups is 1. The molecule has 0 bridgehead atoms. The number of carboxylic acid groups (broad SMARTS) is 1. The molecule has 0 unspecified atom stereocenters. The SMILES string of the molecule is O=C(O)c1ccccc1.[K].[K]. The Hall–Kier alpha value is 1.96. The van der Waals surface area contributed by atoms with Gasteiger partial charge in [-0.1, -0.05) is 18.2 Å². The minimum absolute atomic E-state index is 0. The third kappa shape index (κ3) is 6.09. The zero-order chi connectivity index (χ0) is 6.69. The van der Waals surface area contributed by atoms with E-state index in [4.69, 9.17) is 5.11 Å². The average Bonchev–Trinajstić information content (AvgIpc) is 1.90. The van der Waals surface area contributed by atoms with Gasteiger partial charge in [-0.2, -0.15) is 0 Å². The summed E-state index contributed by atoms with van der Waals surface area (Å²) in [4.78, 5) is 10.2. The van der Waals surface area contributed by atoms with Crippen LogP contribution in [0.4, 0.5) is 0 Å². The molecule has 0 heterocycles. The summed E-state index contributed by atoms with van der Waals surface area (Å²) in [7, 11) is 0. The molecule has 0 aliphatic heterocycles. The zero-order valence-electron chi connectivity index (χ0n) is 6.74. The van der Waals surface area contributed by atoms with Crippen LogP contribution in [0.15, 0.2) is 30.3 Å². The van der Waals surface area contributed by atoms with E-state index in [9.17, 15) is 4.79 Å². The van der Waals surface area contributed by atoms with Crippen LogP contribution in [0.5, 0.6) is 0 Å². The smallest absolute Gasteiger partial charge is 0.335 e. The Labute approximate surface area is 151 Å². The van der Waals surface area contributed by atoms with Gasteiger partial charge in [-0.25, -0.2) is 4.79 Å². The number of rotatable bonds is 1. The van der Waals surface area contributed by atoms with Crippen molar-refractivity contribution in [3.63, 3.8) is 0 Å². The van der Waals surface area contributed by atoms with Crippen LogP contribution in [-0.2, 0) is 0 Å². The molecule has 1 aromatic rings. The monoisotopic (exact) mass is 200 g/mol. The van der Waals surface area contributed by atoms with Crippen molar-refractivity contribution >= 4 is 109 Å². The fraction of sp³-hybridized carbons (Fsp3) is 0. The van der Waals surface area contributed by atoms with E-state index in [0.29, 0.717) is 5.56 Å². The molecule has 1 aromatic carbocycles. The van der Waals surface area contributed by atoms with Crippen molar-refractivity contribution in [2.24, 2.45) is 0 Å². The van der Waals surface area contributed by atoms with E-state index >= 15 is 0 Å². The zero-order valence-corrected chi connectivity index (χ0v) is 13.0. The maximum absolute atomic E-state index is 10.2. The first-order valence-corrected chi connectivity index (χ1v) is 2.59. The largest absolute Gasteiger partial charge is 0.478 e. The van der Waals surface area contributed by atoms with Gasteiger partial charge < -0.3 is 5.11 Å². The summed E-state index contributed by atoms with van der Waals surface area (Å²) in [5.74, 6) is -0.879. The molecular weight excluding hydrogens is 194 g/mol. The molecule has 0 spiro atoms. The van der Waals surface area contributed by atoms with Crippen LogP contribution in [0.25, 0.3) is 0 Å². The summed E-state index contributed by atoms with van der Waals surface area (Å²) in [5, 5.41) is 8.38. The molecule has 11 heavy (non-hydrogen) atoms. The Morgan fingerprint density at radius 1 is 1.09 bits per heavy atom. The fourth-order valence-electron chi connectivity index (χ4n) is 0.581. The van der Waals surface area contributed by atoms with Crippen LogP contribution in [-0.4, -0.2) is 114 Å². The Bertz CT molecular complexity index is 211. The van der Waals surface area contributed by atoms with Gasteiger partial charge in [0.2, 0.25) is 0 Å². The van der Waals surface area contributed by atoms with Gasteiger partial charge in [0.25, 0.3) is 0 Å². The van der Waals surface area contributed by atoms with E-state index in [-0.39, 0.29) is 103 Å². The van der Waals surface area contributed by atoms with Gasteiger partial charge in [0.1, 0.15) is 0 Å². The van der Waals surface area contributed by atoms with Crippen LogP contribution in [0.1, 0.15) is 10.4 Å². The molecule has 4 heteroatoms. The first-order valence-electron chi connectivity index (χ1n) is 2.59. The van der Waals surface area contributed by atoms with Gasteiger partial charge in [-0.05, 0) is 12.1 Å². The molecule has 2 nitrogen and oxygen atoms in total. The summed E-state index contributed by atoms with van der Waals surface area (Å²) in [6.45, 7) is 0. The second-order valence-electron chi connectivity index (χ2n) is 1.67. The second-order valence-corrected chi connectivity index (χ2v) is 1.67. The van der Waals surface area contributed by atoms with Crippen molar-refractivity contribution in [1.29, 1.82) is 0 Å². The van der Waals surface area contributed by atoms with E-state index in [2.05, 4.69) is 0 Å².